The van der Waals surface area contributed by atoms with E-state index in [0.29, 0.717) is 50.7 Å². The zero-order chi connectivity index (χ0) is 22.8. The maximum Gasteiger partial charge on any atom is 0.255 e. The summed E-state index contributed by atoms with van der Waals surface area (Å²) in [7, 11) is 4.58. The first-order chi connectivity index (χ1) is 15.5. The molecule has 2 heterocycles. The lowest BCUT2D eigenvalue weighted by Crippen LogP contribution is -2.31. The summed E-state index contributed by atoms with van der Waals surface area (Å²) in [5, 5.41) is 18.4. The molecule has 2 N–H and O–H groups in total. The average Bonchev–Trinajstić information content (AvgIpc) is 3.26. The predicted molar refractivity (Wildman–Crippen MR) is 118 cm³/mol. The van der Waals surface area contributed by atoms with Gasteiger partial charge in [0.05, 0.1) is 26.9 Å². The Kier molecular flexibility index (Phi) is 5.87. The molecule has 1 aliphatic heterocycles. The van der Waals surface area contributed by atoms with Gasteiger partial charge in [0.1, 0.15) is 6.04 Å². The van der Waals surface area contributed by atoms with Crippen LogP contribution in [0.5, 0.6) is 17.2 Å². The van der Waals surface area contributed by atoms with Crippen molar-refractivity contribution in [1.82, 2.24) is 20.2 Å². The van der Waals surface area contributed by atoms with Crippen LogP contribution in [0.3, 0.4) is 0 Å². The van der Waals surface area contributed by atoms with E-state index in [2.05, 4.69) is 26.2 Å². The summed E-state index contributed by atoms with van der Waals surface area (Å²) >= 11 is 5.96. The minimum absolute atomic E-state index is 0.333. The molecule has 0 spiro atoms. The molecule has 32 heavy (non-hydrogen) atoms. The third kappa shape index (κ3) is 3.69. The molecule has 0 aliphatic carbocycles. The molecule has 1 aromatic heterocycles. The Labute approximate surface area is 189 Å². The molecule has 0 fully saturated rings. The molecule has 4 rings (SSSR count). The minimum atomic E-state index is -0.691. The number of tetrazole rings is 1. The molecule has 166 valence electrons. The van der Waals surface area contributed by atoms with Gasteiger partial charge in [0, 0.05) is 22.0 Å². The van der Waals surface area contributed by atoms with Gasteiger partial charge in [-0.3, -0.25) is 4.79 Å². The van der Waals surface area contributed by atoms with Crippen molar-refractivity contribution in [3.05, 3.63) is 58.3 Å². The third-order valence-electron chi connectivity index (χ3n) is 5.09. The van der Waals surface area contributed by atoms with Gasteiger partial charge in [-0.2, -0.15) is 4.68 Å². The van der Waals surface area contributed by atoms with Crippen LogP contribution in [0.15, 0.2) is 47.7 Å². The lowest BCUT2D eigenvalue weighted by Gasteiger charge is -2.29. The molecule has 11 heteroatoms. The number of methoxy groups -OCH3 is 3. The van der Waals surface area contributed by atoms with Gasteiger partial charge in [-0.25, -0.2) is 0 Å². The number of fused-ring (bicyclic) bond motifs is 1. The Morgan fingerprint density at radius 1 is 1.06 bits per heavy atom. The van der Waals surface area contributed by atoms with Crippen molar-refractivity contribution < 1.29 is 19.0 Å². The summed E-state index contributed by atoms with van der Waals surface area (Å²) in [6.07, 6.45) is 0. The SMILES string of the molecule is COc1ccc([C@@H]2C(C(=O)Nc3ccc(Cl)cc3)=C(C)Nc3nnnn32)c(OC)c1OC. The number of ether oxygens (including phenoxy) is 3. The van der Waals surface area contributed by atoms with Crippen molar-refractivity contribution in [2.24, 2.45) is 0 Å². The van der Waals surface area contributed by atoms with Gasteiger partial charge in [0.15, 0.2) is 11.5 Å². The minimum Gasteiger partial charge on any atom is -0.493 e. The van der Waals surface area contributed by atoms with E-state index in [9.17, 15) is 4.79 Å². The maximum absolute atomic E-state index is 13.4. The van der Waals surface area contributed by atoms with E-state index in [1.54, 1.807) is 43.3 Å². The molecular weight excluding hydrogens is 436 g/mol. The van der Waals surface area contributed by atoms with Gasteiger partial charge in [0.2, 0.25) is 11.7 Å². The van der Waals surface area contributed by atoms with Crippen molar-refractivity contribution in [3.8, 4) is 17.2 Å². The van der Waals surface area contributed by atoms with Crippen LogP contribution in [-0.2, 0) is 4.79 Å². The number of anilines is 2. The molecule has 0 unspecified atom stereocenters. The monoisotopic (exact) mass is 456 g/mol. The zero-order valence-electron chi connectivity index (χ0n) is 17.8. The largest absolute Gasteiger partial charge is 0.493 e. The Bertz CT molecular complexity index is 1190. The summed E-state index contributed by atoms with van der Waals surface area (Å²) in [4.78, 5) is 13.4. The highest BCUT2D eigenvalue weighted by atomic mass is 35.5. The molecule has 0 bridgehead atoms. The van der Waals surface area contributed by atoms with Crippen LogP contribution in [0.2, 0.25) is 5.02 Å². The summed E-state index contributed by atoms with van der Waals surface area (Å²) < 4.78 is 18.1. The Balaban J connectivity index is 1.85. The highest BCUT2D eigenvalue weighted by molar-refractivity contribution is 6.30. The lowest BCUT2D eigenvalue weighted by molar-refractivity contribution is -0.113. The first-order valence-electron chi connectivity index (χ1n) is 9.60. The quantitative estimate of drug-likeness (QED) is 0.581. The van der Waals surface area contributed by atoms with E-state index in [4.69, 9.17) is 25.8 Å². The topological polar surface area (TPSA) is 112 Å². The number of hydrogen-bond acceptors (Lipinski definition) is 8. The van der Waals surface area contributed by atoms with Crippen molar-refractivity contribution >= 4 is 29.1 Å². The van der Waals surface area contributed by atoms with E-state index < -0.39 is 6.04 Å². The average molecular weight is 457 g/mol. The van der Waals surface area contributed by atoms with E-state index in [0.717, 1.165) is 0 Å². The van der Waals surface area contributed by atoms with E-state index >= 15 is 0 Å². The summed E-state index contributed by atoms with van der Waals surface area (Å²) in [5.41, 5.74) is 2.23. The number of amides is 1. The van der Waals surface area contributed by atoms with Crippen LogP contribution in [0, 0.1) is 0 Å². The van der Waals surface area contributed by atoms with Crippen LogP contribution in [0.25, 0.3) is 0 Å². The molecule has 0 saturated carbocycles. The number of benzene rings is 2. The zero-order valence-corrected chi connectivity index (χ0v) is 18.6. The number of halogens is 1. The molecule has 10 nitrogen and oxygen atoms in total. The fourth-order valence-electron chi connectivity index (χ4n) is 3.67. The lowest BCUT2D eigenvalue weighted by atomic mass is 9.93. The molecule has 1 atom stereocenters. The maximum atomic E-state index is 13.4. The molecule has 1 amide bonds. The van der Waals surface area contributed by atoms with Gasteiger partial charge < -0.3 is 24.8 Å². The number of aromatic nitrogens is 4. The van der Waals surface area contributed by atoms with Gasteiger partial charge in [-0.1, -0.05) is 16.7 Å². The standard InChI is InChI=1S/C21H21ClN6O4/c1-11-16(20(29)24-13-7-5-12(22)6-8-13)17(28-21(23-11)25-26-27-28)14-9-10-15(30-2)19(32-4)18(14)31-3/h5-10,17H,1-4H3,(H,24,29)(H,23,25,27)/t17-/m1/s1. The number of nitrogens with zero attached hydrogens (tertiary/aromatic N) is 4. The van der Waals surface area contributed by atoms with E-state index in [1.807, 2.05) is 0 Å². The van der Waals surface area contributed by atoms with Crippen molar-refractivity contribution in [1.29, 1.82) is 0 Å². The summed E-state index contributed by atoms with van der Waals surface area (Å²) in [6, 6.07) is 9.69. The first kappa shape index (κ1) is 21.4. The fourth-order valence-corrected chi connectivity index (χ4v) is 3.79. The molecule has 1 aliphatic rings. The molecule has 3 aromatic rings. The molecule has 2 aromatic carbocycles. The number of allylic oxidation sites excluding steroid dienone is 1. The van der Waals surface area contributed by atoms with Gasteiger partial charge in [0.25, 0.3) is 5.91 Å². The smallest absolute Gasteiger partial charge is 0.255 e. The highest BCUT2D eigenvalue weighted by Gasteiger charge is 2.37. The molecular formula is C21H21ClN6O4. The van der Waals surface area contributed by atoms with E-state index in [-0.39, 0.29) is 5.91 Å². The van der Waals surface area contributed by atoms with Crippen LogP contribution in [0.1, 0.15) is 18.5 Å². The van der Waals surface area contributed by atoms with Crippen molar-refractivity contribution in [2.75, 3.05) is 32.0 Å². The van der Waals surface area contributed by atoms with Gasteiger partial charge in [-0.15, -0.1) is 0 Å². The number of rotatable bonds is 6. The summed E-state index contributed by atoms with van der Waals surface area (Å²) in [5.74, 6) is 1.36. The Morgan fingerprint density at radius 3 is 2.44 bits per heavy atom. The van der Waals surface area contributed by atoms with E-state index in [1.165, 1.54) is 26.0 Å². The third-order valence-corrected chi connectivity index (χ3v) is 5.34. The molecule has 0 saturated heterocycles. The Morgan fingerprint density at radius 2 is 1.78 bits per heavy atom. The number of carbonyl (C=O) groups is 1. The predicted octanol–water partition coefficient (Wildman–Crippen LogP) is 3.28. The normalized spacial score (nSPS) is 15.0. The van der Waals surface area contributed by atoms with Crippen LogP contribution >= 0.6 is 11.6 Å². The van der Waals surface area contributed by atoms with Crippen LogP contribution in [0.4, 0.5) is 11.6 Å². The van der Waals surface area contributed by atoms with Crippen molar-refractivity contribution in [3.63, 3.8) is 0 Å². The number of hydrogen-bond donors (Lipinski definition) is 2. The Hall–Kier alpha value is -3.79. The second-order valence-corrected chi connectivity index (χ2v) is 7.33. The van der Waals surface area contributed by atoms with Crippen LogP contribution in [-0.4, -0.2) is 47.4 Å². The molecule has 0 radical (unpaired) electrons. The fraction of sp³-hybridized carbons (Fsp3) is 0.238. The van der Waals surface area contributed by atoms with Gasteiger partial charge >= 0.3 is 0 Å². The first-order valence-corrected chi connectivity index (χ1v) is 9.97. The highest BCUT2D eigenvalue weighted by Crippen LogP contribution is 2.46. The second-order valence-electron chi connectivity index (χ2n) is 6.90. The number of nitrogens with one attached hydrogen (secondary N) is 2. The second kappa shape index (κ2) is 8.75. The summed E-state index contributed by atoms with van der Waals surface area (Å²) in [6.45, 7) is 1.79. The van der Waals surface area contributed by atoms with Crippen molar-refractivity contribution in [2.45, 2.75) is 13.0 Å². The van der Waals surface area contributed by atoms with Gasteiger partial charge in [-0.05, 0) is 53.7 Å². The van der Waals surface area contributed by atoms with Crippen LogP contribution < -0.4 is 24.8 Å². The number of carbonyl (C=O) groups excluding carboxylic acids is 1.